The topological polar surface area (TPSA) is 44.5 Å². The van der Waals surface area contributed by atoms with E-state index in [1.807, 2.05) is 34.9 Å². The van der Waals surface area contributed by atoms with Crippen LogP contribution in [0.1, 0.15) is 5.56 Å². The number of rotatable bonds is 1. The monoisotopic (exact) mass is 407 g/mol. The Kier molecular flexibility index (Phi) is 3.50. The number of nitrogens with one attached hydrogen (secondary N) is 1. The molecule has 0 aliphatic heterocycles. The van der Waals surface area contributed by atoms with E-state index in [0.29, 0.717) is 10.3 Å². The predicted octanol–water partition coefficient (Wildman–Crippen LogP) is 5.08. The van der Waals surface area contributed by atoms with Crippen LogP contribution in [0.15, 0.2) is 45.3 Å². The summed E-state index contributed by atoms with van der Waals surface area (Å²) in [6.07, 6.45) is 0. The highest BCUT2D eigenvalue weighted by Crippen LogP contribution is 2.26. The Morgan fingerprint density at radius 3 is 2.55 bits per heavy atom. The van der Waals surface area contributed by atoms with E-state index in [4.69, 9.17) is 12.2 Å². The molecule has 0 saturated heterocycles. The lowest BCUT2D eigenvalue weighted by atomic mass is 10.2. The Bertz CT molecular complexity index is 918. The number of H-pyrrole nitrogens is 1. The smallest absolute Gasteiger partial charge is 0.182 e. The Morgan fingerprint density at radius 2 is 1.80 bits per heavy atom. The molecule has 0 atom stereocenters. The van der Waals surface area contributed by atoms with Gasteiger partial charge in [-0.15, -0.1) is 0 Å². The van der Waals surface area contributed by atoms with Crippen molar-refractivity contribution in [3.05, 3.63) is 55.7 Å². The van der Waals surface area contributed by atoms with Gasteiger partial charge in [-0.25, -0.2) is 0 Å². The Labute approximate surface area is 137 Å². The van der Waals surface area contributed by atoms with E-state index in [9.17, 15) is 5.26 Å². The minimum atomic E-state index is 0.566. The van der Waals surface area contributed by atoms with Crippen molar-refractivity contribution in [2.75, 3.05) is 0 Å². The van der Waals surface area contributed by atoms with Crippen LogP contribution in [0.25, 0.3) is 16.7 Å². The lowest BCUT2D eigenvalue weighted by molar-refractivity contribution is 1.06. The molecule has 6 heteroatoms. The van der Waals surface area contributed by atoms with E-state index in [2.05, 4.69) is 42.9 Å². The van der Waals surface area contributed by atoms with Crippen molar-refractivity contribution in [2.45, 2.75) is 0 Å². The zero-order valence-electron chi connectivity index (χ0n) is 10.0. The highest BCUT2D eigenvalue weighted by atomic mass is 79.9. The van der Waals surface area contributed by atoms with Gasteiger partial charge in [-0.2, -0.15) is 5.26 Å². The molecule has 98 valence electrons. The first-order chi connectivity index (χ1) is 9.60. The molecule has 1 aromatic heterocycles. The van der Waals surface area contributed by atoms with Crippen LogP contribution in [-0.4, -0.2) is 9.55 Å². The first kappa shape index (κ1) is 13.6. The summed E-state index contributed by atoms with van der Waals surface area (Å²) < 4.78 is 4.27. The van der Waals surface area contributed by atoms with Crippen LogP contribution in [0.3, 0.4) is 0 Å². The van der Waals surface area contributed by atoms with Crippen molar-refractivity contribution in [2.24, 2.45) is 0 Å². The number of halogens is 2. The van der Waals surface area contributed by atoms with Crippen LogP contribution in [0, 0.1) is 16.1 Å². The van der Waals surface area contributed by atoms with Crippen molar-refractivity contribution in [1.29, 1.82) is 5.26 Å². The summed E-state index contributed by atoms with van der Waals surface area (Å²) in [5.74, 6) is 0. The summed E-state index contributed by atoms with van der Waals surface area (Å²) in [7, 11) is 0. The molecule has 3 rings (SSSR count). The van der Waals surface area contributed by atoms with E-state index < -0.39 is 0 Å². The SMILES string of the molecule is N#Cc1cc(Br)ccc1-n1c(=S)[nH]c2ccc(Br)cc21. The first-order valence-electron chi connectivity index (χ1n) is 5.70. The number of fused-ring (bicyclic) bond motifs is 1. The number of benzene rings is 2. The number of aromatic amines is 1. The fraction of sp³-hybridized carbons (Fsp3) is 0. The normalized spacial score (nSPS) is 10.7. The van der Waals surface area contributed by atoms with Gasteiger partial charge in [-0.1, -0.05) is 31.9 Å². The van der Waals surface area contributed by atoms with Crippen LogP contribution in [0.2, 0.25) is 0 Å². The standard InChI is InChI=1S/C14H7Br2N3S/c15-9-2-4-12(8(5-9)7-17)19-13-6-10(16)1-3-11(13)18-14(19)20/h1-6H,(H,18,20). The molecule has 0 spiro atoms. The van der Waals surface area contributed by atoms with Gasteiger partial charge in [-0.3, -0.25) is 4.57 Å². The molecule has 3 nitrogen and oxygen atoms in total. The molecule has 1 heterocycles. The third kappa shape index (κ3) is 2.22. The molecule has 0 radical (unpaired) electrons. The summed E-state index contributed by atoms with van der Waals surface area (Å²) in [6.45, 7) is 0. The van der Waals surface area contributed by atoms with Crippen LogP contribution < -0.4 is 0 Å². The van der Waals surface area contributed by atoms with E-state index in [0.717, 1.165) is 25.7 Å². The van der Waals surface area contributed by atoms with E-state index in [-0.39, 0.29) is 0 Å². The van der Waals surface area contributed by atoms with Crippen molar-refractivity contribution in [1.82, 2.24) is 9.55 Å². The molecule has 0 unspecified atom stereocenters. The zero-order chi connectivity index (χ0) is 14.3. The summed E-state index contributed by atoms with van der Waals surface area (Å²) in [4.78, 5) is 3.15. The minimum Gasteiger partial charge on any atom is -0.330 e. The Hall–Kier alpha value is -1.42. The highest BCUT2D eigenvalue weighted by Gasteiger charge is 2.11. The van der Waals surface area contributed by atoms with Crippen molar-refractivity contribution in [3.8, 4) is 11.8 Å². The van der Waals surface area contributed by atoms with Crippen molar-refractivity contribution >= 4 is 55.1 Å². The van der Waals surface area contributed by atoms with E-state index >= 15 is 0 Å². The van der Waals surface area contributed by atoms with Crippen LogP contribution in [0.5, 0.6) is 0 Å². The lowest BCUT2D eigenvalue weighted by Crippen LogP contribution is -1.97. The third-order valence-corrected chi connectivity index (χ3v) is 4.24. The number of aromatic nitrogens is 2. The maximum absolute atomic E-state index is 9.32. The van der Waals surface area contributed by atoms with Gasteiger partial charge in [0.2, 0.25) is 0 Å². The largest absolute Gasteiger partial charge is 0.330 e. The summed E-state index contributed by atoms with van der Waals surface area (Å²) in [5, 5.41) is 9.32. The molecule has 0 amide bonds. The second-order valence-corrected chi connectivity index (χ2v) is 6.42. The van der Waals surface area contributed by atoms with Gasteiger partial charge in [0, 0.05) is 8.95 Å². The van der Waals surface area contributed by atoms with Crippen molar-refractivity contribution < 1.29 is 0 Å². The van der Waals surface area contributed by atoms with Crippen LogP contribution in [0.4, 0.5) is 0 Å². The Balaban J connectivity index is 2.41. The van der Waals surface area contributed by atoms with Gasteiger partial charge in [0.15, 0.2) is 4.77 Å². The number of hydrogen-bond acceptors (Lipinski definition) is 2. The fourth-order valence-electron chi connectivity index (χ4n) is 2.11. The average Bonchev–Trinajstić information content (AvgIpc) is 2.74. The molecule has 1 N–H and O–H groups in total. The van der Waals surface area contributed by atoms with Gasteiger partial charge >= 0.3 is 0 Å². The van der Waals surface area contributed by atoms with Gasteiger partial charge in [0.05, 0.1) is 22.3 Å². The van der Waals surface area contributed by atoms with Gasteiger partial charge < -0.3 is 4.98 Å². The molecule has 20 heavy (non-hydrogen) atoms. The molecule has 0 saturated carbocycles. The molecule has 0 fully saturated rings. The minimum absolute atomic E-state index is 0.566. The van der Waals surface area contributed by atoms with Crippen LogP contribution >= 0.6 is 44.1 Å². The molecule has 2 aromatic carbocycles. The average molecular weight is 409 g/mol. The maximum atomic E-state index is 9.32. The molecule has 3 aromatic rings. The lowest BCUT2D eigenvalue weighted by Gasteiger charge is -2.07. The van der Waals surface area contributed by atoms with Gasteiger partial charge in [0.1, 0.15) is 6.07 Å². The van der Waals surface area contributed by atoms with Crippen molar-refractivity contribution in [3.63, 3.8) is 0 Å². The summed E-state index contributed by atoms with van der Waals surface area (Å²) >= 11 is 12.2. The van der Waals surface area contributed by atoms with E-state index in [1.165, 1.54) is 0 Å². The quantitative estimate of drug-likeness (QED) is 0.570. The molecule has 0 bridgehead atoms. The Morgan fingerprint density at radius 1 is 1.10 bits per heavy atom. The number of imidazole rings is 1. The molecule has 0 aliphatic rings. The maximum Gasteiger partial charge on any atom is 0.182 e. The molecular weight excluding hydrogens is 402 g/mol. The molecular formula is C14H7Br2N3S. The number of nitrogens with zero attached hydrogens (tertiary/aromatic N) is 2. The zero-order valence-corrected chi connectivity index (χ0v) is 14.0. The fourth-order valence-corrected chi connectivity index (χ4v) is 3.12. The third-order valence-electron chi connectivity index (χ3n) is 2.97. The second-order valence-electron chi connectivity index (χ2n) is 4.20. The number of hydrogen-bond donors (Lipinski definition) is 1. The summed E-state index contributed by atoms with van der Waals surface area (Å²) in [5.41, 5.74) is 3.20. The van der Waals surface area contributed by atoms with E-state index in [1.54, 1.807) is 6.07 Å². The summed E-state index contributed by atoms with van der Waals surface area (Å²) in [6, 6.07) is 13.7. The molecule has 0 aliphatic carbocycles. The number of nitriles is 1. The van der Waals surface area contributed by atoms with Gasteiger partial charge in [0.25, 0.3) is 0 Å². The first-order valence-corrected chi connectivity index (χ1v) is 7.70. The van der Waals surface area contributed by atoms with Crippen LogP contribution in [-0.2, 0) is 0 Å². The second kappa shape index (κ2) is 5.17. The van der Waals surface area contributed by atoms with Gasteiger partial charge in [-0.05, 0) is 48.6 Å². The predicted molar refractivity (Wildman–Crippen MR) is 88.6 cm³/mol. The highest BCUT2D eigenvalue weighted by molar-refractivity contribution is 9.10.